The monoisotopic (exact) mass is 424 g/mol. The van der Waals surface area contributed by atoms with E-state index in [2.05, 4.69) is 31.9 Å². The third kappa shape index (κ3) is 2.63. The van der Waals surface area contributed by atoms with E-state index in [1.807, 2.05) is 12.1 Å². The van der Waals surface area contributed by atoms with E-state index in [0.717, 1.165) is 16.3 Å². The second-order valence-electron chi connectivity index (χ2n) is 4.85. The predicted octanol–water partition coefficient (Wildman–Crippen LogP) is 5.07. The van der Waals surface area contributed by atoms with E-state index in [4.69, 9.17) is 4.74 Å². The van der Waals surface area contributed by atoms with Crippen LogP contribution >= 0.6 is 31.9 Å². The Morgan fingerprint density at radius 1 is 1.23 bits per heavy atom. The third-order valence-electron chi connectivity index (χ3n) is 3.57. The zero-order chi connectivity index (χ0) is 15.7. The maximum Gasteiger partial charge on any atom is 0.132 e. The third-order valence-corrected chi connectivity index (χ3v) is 4.58. The van der Waals surface area contributed by atoms with Crippen molar-refractivity contribution in [2.24, 2.45) is 0 Å². The van der Waals surface area contributed by atoms with E-state index in [0.29, 0.717) is 28.0 Å². The number of carbonyl (C=O) groups is 1. The Balaban J connectivity index is 2.24. The van der Waals surface area contributed by atoms with Crippen LogP contribution < -0.4 is 4.74 Å². The van der Waals surface area contributed by atoms with Gasteiger partial charge in [0.15, 0.2) is 0 Å². The standard InChI is InChI=1S/C17H11Br2FO2/c18-8-16-17(11-3-1-2-4-14(11)20)13(9-21)12-7-10(19)5-6-15(12)22-16/h1-7,9,13H,8H2. The molecule has 1 aliphatic heterocycles. The number of hydrogen-bond acceptors (Lipinski definition) is 2. The summed E-state index contributed by atoms with van der Waals surface area (Å²) in [6.45, 7) is 0. The highest BCUT2D eigenvalue weighted by molar-refractivity contribution is 9.10. The fourth-order valence-electron chi connectivity index (χ4n) is 2.61. The molecule has 2 aromatic rings. The molecule has 2 nitrogen and oxygen atoms in total. The summed E-state index contributed by atoms with van der Waals surface area (Å²) < 4.78 is 20.9. The molecule has 1 aliphatic rings. The van der Waals surface area contributed by atoms with Crippen molar-refractivity contribution >= 4 is 43.7 Å². The lowest BCUT2D eigenvalue weighted by atomic mass is 9.84. The van der Waals surface area contributed by atoms with Gasteiger partial charge in [-0.25, -0.2) is 4.39 Å². The van der Waals surface area contributed by atoms with Crippen molar-refractivity contribution in [3.05, 3.63) is 69.6 Å². The maximum absolute atomic E-state index is 14.2. The lowest BCUT2D eigenvalue weighted by molar-refractivity contribution is -0.108. The number of aldehydes is 1. The summed E-state index contributed by atoms with van der Waals surface area (Å²) in [6.07, 6.45) is 0.832. The first-order chi connectivity index (χ1) is 10.7. The van der Waals surface area contributed by atoms with Crippen LogP contribution in [0.15, 0.2) is 52.7 Å². The van der Waals surface area contributed by atoms with Crippen molar-refractivity contribution in [2.75, 3.05) is 5.33 Å². The molecule has 0 saturated carbocycles. The maximum atomic E-state index is 14.2. The molecule has 1 unspecified atom stereocenters. The molecule has 112 valence electrons. The zero-order valence-corrected chi connectivity index (χ0v) is 14.5. The Morgan fingerprint density at radius 2 is 2.00 bits per heavy atom. The Hall–Kier alpha value is -1.46. The lowest BCUT2D eigenvalue weighted by Crippen LogP contribution is -2.17. The number of fused-ring (bicyclic) bond motifs is 1. The number of alkyl halides is 1. The lowest BCUT2D eigenvalue weighted by Gasteiger charge is -2.28. The van der Waals surface area contributed by atoms with Crippen molar-refractivity contribution in [1.82, 2.24) is 0 Å². The molecule has 3 rings (SSSR count). The normalized spacial score (nSPS) is 17.0. The average Bonchev–Trinajstić information content (AvgIpc) is 2.53. The molecule has 0 fully saturated rings. The zero-order valence-electron chi connectivity index (χ0n) is 11.4. The van der Waals surface area contributed by atoms with Crippen molar-refractivity contribution in [3.8, 4) is 5.75 Å². The number of halogens is 3. The molecule has 0 amide bonds. The molecule has 0 aliphatic carbocycles. The summed E-state index contributed by atoms with van der Waals surface area (Å²) in [6, 6.07) is 11.9. The molecule has 22 heavy (non-hydrogen) atoms. The molecule has 0 saturated heterocycles. The molecule has 0 spiro atoms. The van der Waals surface area contributed by atoms with Crippen LogP contribution in [0.3, 0.4) is 0 Å². The van der Waals surface area contributed by atoms with Crippen molar-refractivity contribution in [1.29, 1.82) is 0 Å². The number of benzene rings is 2. The quantitative estimate of drug-likeness (QED) is 0.506. The SMILES string of the molecule is O=CC1C(c2ccccc2F)=C(CBr)Oc2ccc(Br)cc21. The predicted molar refractivity (Wildman–Crippen MR) is 90.7 cm³/mol. The van der Waals surface area contributed by atoms with Crippen LogP contribution in [0.2, 0.25) is 0 Å². The number of carbonyl (C=O) groups excluding carboxylic acids is 1. The Morgan fingerprint density at radius 3 is 2.68 bits per heavy atom. The minimum absolute atomic E-state index is 0.371. The van der Waals surface area contributed by atoms with Gasteiger partial charge in [-0.2, -0.15) is 0 Å². The summed E-state index contributed by atoms with van der Waals surface area (Å²) in [7, 11) is 0. The highest BCUT2D eigenvalue weighted by atomic mass is 79.9. The summed E-state index contributed by atoms with van der Waals surface area (Å²) in [5, 5.41) is 0.399. The van der Waals surface area contributed by atoms with E-state index in [1.165, 1.54) is 6.07 Å². The van der Waals surface area contributed by atoms with Gasteiger partial charge in [0.05, 0.1) is 11.2 Å². The van der Waals surface area contributed by atoms with Crippen molar-refractivity contribution in [3.63, 3.8) is 0 Å². The highest BCUT2D eigenvalue weighted by Crippen LogP contribution is 2.44. The summed E-state index contributed by atoms with van der Waals surface area (Å²) >= 11 is 6.76. The van der Waals surface area contributed by atoms with Crippen molar-refractivity contribution < 1.29 is 13.9 Å². The topological polar surface area (TPSA) is 26.3 Å². The molecule has 1 heterocycles. The fraction of sp³-hybridized carbons (Fsp3) is 0.118. The van der Waals surface area contributed by atoms with Crippen LogP contribution in [-0.2, 0) is 4.79 Å². The average molecular weight is 426 g/mol. The number of ether oxygens (including phenoxy) is 1. The number of rotatable bonds is 3. The molecular weight excluding hydrogens is 415 g/mol. The molecule has 0 bridgehead atoms. The van der Waals surface area contributed by atoms with Crippen molar-refractivity contribution in [2.45, 2.75) is 5.92 Å². The van der Waals surface area contributed by atoms with Gasteiger partial charge in [-0.3, -0.25) is 0 Å². The van der Waals surface area contributed by atoms with Gasteiger partial charge in [0.25, 0.3) is 0 Å². The fourth-order valence-corrected chi connectivity index (χ4v) is 3.41. The Labute approximate surface area is 144 Å². The summed E-state index contributed by atoms with van der Waals surface area (Å²) in [5.74, 6) is 0.238. The highest BCUT2D eigenvalue weighted by Gasteiger charge is 2.31. The number of hydrogen-bond donors (Lipinski definition) is 0. The van der Waals surface area contributed by atoms with Gasteiger partial charge in [0.1, 0.15) is 23.6 Å². The molecule has 1 atom stereocenters. The molecular formula is C17H11Br2FO2. The van der Waals surface area contributed by atoms with Crippen LogP contribution in [0.4, 0.5) is 4.39 Å². The van der Waals surface area contributed by atoms with Gasteiger partial charge in [0, 0.05) is 21.2 Å². The molecule has 0 N–H and O–H groups in total. The molecule has 5 heteroatoms. The van der Waals surface area contributed by atoms with Crippen LogP contribution in [0.5, 0.6) is 5.75 Å². The second kappa shape index (κ2) is 6.34. The van der Waals surface area contributed by atoms with Gasteiger partial charge in [-0.1, -0.05) is 50.1 Å². The van der Waals surface area contributed by atoms with E-state index in [1.54, 1.807) is 24.3 Å². The molecule has 0 aromatic heterocycles. The Bertz CT molecular complexity index is 771. The largest absolute Gasteiger partial charge is 0.460 e. The van der Waals surface area contributed by atoms with E-state index in [9.17, 15) is 9.18 Å². The van der Waals surface area contributed by atoms with Gasteiger partial charge in [-0.05, 0) is 24.3 Å². The number of allylic oxidation sites excluding steroid dienone is 2. The molecule has 2 aromatic carbocycles. The minimum atomic E-state index is -0.564. The van der Waals surface area contributed by atoms with Gasteiger partial charge < -0.3 is 9.53 Å². The van der Waals surface area contributed by atoms with E-state index >= 15 is 0 Å². The van der Waals surface area contributed by atoms with Crippen LogP contribution in [0.1, 0.15) is 17.0 Å². The second-order valence-corrected chi connectivity index (χ2v) is 6.32. The van der Waals surface area contributed by atoms with E-state index in [-0.39, 0.29) is 5.82 Å². The first-order valence-electron chi connectivity index (χ1n) is 6.62. The van der Waals surface area contributed by atoms with E-state index < -0.39 is 5.92 Å². The van der Waals surface area contributed by atoms with Gasteiger partial charge in [-0.15, -0.1) is 0 Å². The summed E-state index contributed by atoms with van der Waals surface area (Å²) in [5.41, 5.74) is 1.68. The summed E-state index contributed by atoms with van der Waals surface area (Å²) in [4.78, 5) is 11.7. The van der Waals surface area contributed by atoms with Gasteiger partial charge >= 0.3 is 0 Å². The van der Waals surface area contributed by atoms with Gasteiger partial charge in [0.2, 0.25) is 0 Å². The smallest absolute Gasteiger partial charge is 0.132 e. The first kappa shape index (κ1) is 15.4. The minimum Gasteiger partial charge on any atom is -0.460 e. The van der Waals surface area contributed by atoms with Crippen LogP contribution in [-0.4, -0.2) is 11.6 Å². The Kier molecular flexibility index (Phi) is 4.45. The molecule has 0 radical (unpaired) electrons. The van der Waals surface area contributed by atoms with Crippen LogP contribution in [0.25, 0.3) is 5.57 Å². The first-order valence-corrected chi connectivity index (χ1v) is 8.53. The van der Waals surface area contributed by atoms with Crippen LogP contribution in [0, 0.1) is 5.82 Å².